The van der Waals surface area contributed by atoms with Gasteiger partial charge < -0.3 is 23.1 Å². The molecule has 0 bridgehead atoms. The van der Waals surface area contributed by atoms with E-state index in [1.807, 2.05) is 62.4 Å². The zero-order valence-electron chi connectivity index (χ0n) is 33.9. The molecule has 0 fully saturated rings. The molecule has 11 nitrogen and oxygen atoms in total. The standard InChI is InChI=1S/C46H46N4O7Si2/c1-33-7-15-37(16-8-33)47-49-39-19-27-43(28-20-39)55-45(51)35-11-23-41(24-12-35)53-31-58(3,4)57-59(5,6)32-54-42-25-13-36(14-26-42)46(52)56-44-29-21-40(22-30-44)50-48-38-17-9-34(2)10-18-38/h7-30H,31-32H2,1-6H3. The Hall–Kier alpha value is -6.55. The minimum atomic E-state index is -2.28. The summed E-state index contributed by atoms with van der Waals surface area (Å²) in [5, 5.41) is 17.0. The summed E-state index contributed by atoms with van der Waals surface area (Å²) in [6, 6.07) is 42.9. The summed E-state index contributed by atoms with van der Waals surface area (Å²) in [4.78, 5) is 25.6. The normalized spacial score (nSPS) is 11.8. The number of aryl methyl sites for hydroxylation is 2. The van der Waals surface area contributed by atoms with Crippen LogP contribution < -0.4 is 18.9 Å². The van der Waals surface area contributed by atoms with E-state index in [1.54, 1.807) is 97.1 Å². The Kier molecular flexibility index (Phi) is 13.7. The van der Waals surface area contributed by atoms with Gasteiger partial charge in [-0.05, 0) is 161 Å². The molecule has 300 valence electrons. The Balaban J connectivity index is 0.915. The van der Waals surface area contributed by atoms with Crippen molar-refractivity contribution >= 4 is 51.3 Å². The minimum absolute atomic E-state index is 0.396. The first-order valence-electron chi connectivity index (χ1n) is 19.0. The van der Waals surface area contributed by atoms with Gasteiger partial charge in [-0.25, -0.2) is 9.59 Å². The van der Waals surface area contributed by atoms with Crippen LogP contribution in [0.25, 0.3) is 0 Å². The number of benzene rings is 6. The van der Waals surface area contributed by atoms with Gasteiger partial charge in [0.2, 0.25) is 16.6 Å². The highest BCUT2D eigenvalue weighted by Crippen LogP contribution is 2.26. The second-order valence-electron chi connectivity index (χ2n) is 15.1. The summed E-state index contributed by atoms with van der Waals surface area (Å²) >= 11 is 0. The van der Waals surface area contributed by atoms with Crippen molar-refractivity contribution in [1.82, 2.24) is 0 Å². The quantitative estimate of drug-likeness (QED) is 0.0411. The van der Waals surface area contributed by atoms with Gasteiger partial charge in [0.05, 0.1) is 33.9 Å². The number of hydrogen-bond donors (Lipinski definition) is 0. The summed E-state index contributed by atoms with van der Waals surface area (Å²) in [6.07, 6.45) is 0.829. The van der Waals surface area contributed by atoms with Gasteiger partial charge in [0.25, 0.3) is 0 Å². The SMILES string of the molecule is Cc1ccc(N=Nc2ccc(OC(=O)c3ccc(OC[Si](C)(C)O[Si](C)(C)COc4ccc(C(=O)Oc5ccc(N=Nc6ccc(C)cc6)cc5)cc4)cc3)cc2)cc1. The number of ether oxygens (including phenoxy) is 4. The van der Waals surface area contributed by atoms with Crippen LogP contribution in [0.3, 0.4) is 0 Å². The van der Waals surface area contributed by atoms with E-state index in [9.17, 15) is 9.59 Å². The highest BCUT2D eigenvalue weighted by Gasteiger charge is 2.35. The molecular formula is C46H46N4O7Si2. The molecule has 0 aliphatic carbocycles. The van der Waals surface area contributed by atoms with Gasteiger partial charge in [-0.3, -0.25) is 0 Å². The van der Waals surface area contributed by atoms with Crippen LogP contribution in [0.15, 0.2) is 166 Å². The van der Waals surface area contributed by atoms with Gasteiger partial charge in [0.1, 0.15) is 35.5 Å². The molecule has 0 saturated heterocycles. The predicted molar refractivity (Wildman–Crippen MR) is 233 cm³/mol. The van der Waals surface area contributed by atoms with Gasteiger partial charge >= 0.3 is 11.9 Å². The number of nitrogens with zero attached hydrogens (tertiary/aromatic N) is 4. The van der Waals surface area contributed by atoms with Crippen LogP contribution in [0.1, 0.15) is 31.8 Å². The molecule has 6 aromatic carbocycles. The first-order valence-corrected chi connectivity index (χ1v) is 25.3. The zero-order valence-corrected chi connectivity index (χ0v) is 35.9. The van der Waals surface area contributed by atoms with Crippen molar-refractivity contribution < 1.29 is 32.7 Å². The summed E-state index contributed by atoms with van der Waals surface area (Å²) < 4.78 is 30.0. The van der Waals surface area contributed by atoms with Crippen molar-refractivity contribution in [1.29, 1.82) is 0 Å². The number of rotatable bonds is 16. The Morgan fingerprint density at radius 1 is 0.407 bits per heavy atom. The molecule has 0 heterocycles. The fraction of sp³-hybridized carbons (Fsp3) is 0.174. The second-order valence-corrected chi connectivity index (χ2v) is 23.5. The third-order valence-corrected chi connectivity index (χ3v) is 14.7. The van der Waals surface area contributed by atoms with Crippen molar-refractivity contribution in [3.63, 3.8) is 0 Å². The molecule has 6 aromatic rings. The maximum absolute atomic E-state index is 12.8. The fourth-order valence-electron chi connectivity index (χ4n) is 5.64. The Labute approximate surface area is 346 Å². The van der Waals surface area contributed by atoms with E-state index < -0.39 is 28.6 Å². The molecule has 0 aromatic heterocycles. The lowest BCUT2D eigenvalue weighted by molar-refractivity contribution is 0.0725. The van der Waals surface area contributed by atoms with E-state index >= 15 is 0 Å². The maximum Gasteiger partial charge on any atom is 0.343 e. The topological polar surface area (TPSA) is 130 Å². The van der Waals surface area contributed by atoms with E-state index in [0.717, 1.165) is 22.5 Å². The highest BCUT2D eigenvalue weighted by atomic mass is 28.4. The average Bonchev–Trinajstić information content (AvgIpc) is 3.23. The molecule has 59 heavy (non-hydrogen) atoms. The lowest BCUT2D eigenvalue weighted by Gasteiger charge is -2.33. The van der Waals surface area contributed by atoms with E-state index in [0.29, 0.717) is 58.0 Å². The van der Waals surface area contributed by atoms with Crippen molar-refractivity contribution in [2.75, 3.05) is 12.5 Å². The largest absolute Gasteiger partial charge is 0.494 e. The van der Waals surface area contributed by atoms with Crippen LogP contribution in [0.5, 0.6) is 23.0 Å². The molecule has 13 heteroatoms. The smallest absolute Gasteiger partial charge is 0.343 e. The minimum Gasteiger partial charge on any atom is -0.494 e. The monoisotopic (exact) mass is 822 g/mol. The Morgan fingerprint density at radius 3 is 0.983 bits per heavy atom. The summed E-state index contributed by atoms with van der Waals surface area (Å²) in [6.45, 7) is 12.4. The average molecular weight is 823 g/mol. The van der Waals surface area contributed by atoms with Crippen LogP contribution >= 0.6 is 0 Å². The summed E-state index contributed by atoms with van der Waals surface area (Å²) in [5.41, 5.74) is 5.90. The molecule has 0 radical (unpaired) electrons. The molecule has 0 spiro atoms. The molecule has 0 amide bonds. The molecule has 0 atom stereocenters. The van der Waals surface area contributed by atoms with Crippen LogP contribution in [-0.2, 0) is 4.12 Å². The molecule has 6 rings (SSSR count). The number of esters is 2. The van der Waals surface area contributed by atoms with Crippen LogP contribution in [0.4, 0.5) is 22.7 Å². The second kappa shape index (κ2) is 19.3. The van der Waals surface area contributed by atoms with E-state index in [-0.39, 0.29) is 0 Å². The van der Waals surface area contributed by atoms with Crippen molar-refractivity contribution in [3.8, 4) is 23.0 Å². The fourth-order valence-corrected chi connectivity index (χ4v) is 13.1. The van der Waals surface area contributed by atoms with Gasteiger partial charge in [0, 0.05) is 0 Å². The number of carbonyl (C=O) groups is 2. The number of hydrogen-bond acceptors (Lipinski definition) is 11. The molecule has 0 aliphatic heterocycles. The van der Waals surface area contributed by atoms with Gasteiger partial charge in [-0.2, -0.15) is 20.5 Å². The van der Waals surface area contributed by atoms with Crippen LogP contribution in [-0.4, -0.2) is 41.0 Å². The summed E-state index contributed by atoms with van der Waals surface area (Å²) in [7, 11) is -4.57. The Morgan fingerprint density at radius 2 is 0.678 bits per heavy atom. The van der Waals surface area contributed by atoms with Crippen molar-refractivity contribution in [3.05, 3.63) is 168 Å². The third kappa shape index (κ3) is 13.3. The predicted octanol–water partition coefficient (Wildman–Crippen LogP) is 12.5. The number of azo groups is 2. The molecular weight excluding hydrogens is 777 g/mol. The van der Waals surface area contributed by atoms with Gasteiger partial charge in [-0.15, -0.1) is 0 Å². The lowest BCUT2D eigenvalue weighted by Crippen LogP contribution is -2.51. The first-order chi connectivity index (χ1) is 28.3. The Bertz CT molecular complexity index is 2210. The lowest BCUT2D eigenvalue weighted by atomic mass is 10.2. The van der Waals surface area contributed by atoms with Crippen LogP contribution in [0.2, 0.25) is 26.2 Å². The maximum atomic E-state index is 12.8. The molecule has 0 N–H and O–H groups in total. The van der Waals surface area contributed by atoms with Gasteiger partial charge in [0.15, 0.2) is 0 Å². The molecule has 0 unspecified atom stereocenters. The van der Waals surface area contributed by atoms with E-state index in [2.05, 4.69) is 46.6 Å². The van der Waals surface area contributed by atoms with Crippen molar-refractivity contribution in [2.45, 2.75) is 40.0 Å². The molecule has 0 saturated carbocycles. The van der Waals surface area contributed by atoms with Crippen LogP contribution in [0, 0.1) is 13.8 Å². The zero-order chi connectivity index (χ0) is 41.8. The highest BCUT2D eigenvalue weighted by molar-refractivity contribution is 6.84. The number of carbonyl (C=O) groups excluding carboxylic acids is 2. The van der Waals surface area contributed by atoms with E-state index in [4.69, 9.17) is 23.1 Å². The van der Waals surface area contributed by atoms with E-state index in [1.165, 1.54) is 0 Å². The molecule has 0 aliphatic rings. The third-order valence-electron chi connectivity index (χ3n) is 8.63. The van der Waals surface area contributed by atoms with Crippen molar-refractivity contribution in [2.24, 2.45) is 20.5 Å². The first kappa shape index (κ1) is 42.1. The van der Waals surface area contributed by atoms with Gasteiger partial charge in [-0.1, -0.05) is 35.4 Å². The summed E-state index contributed by atoms with van der Waals surface area (Å²) in [5.74, 6) is 1.10.